The van der Waals surface area contributed by atoms with Crippen molar-refractivity contribution >= 4 is 17.9 Å². The first-order valence-electron chi connectivity index (χ1n) is 27.8. The van der Waals surface area contributed by atoms with Crippen molar-refractivity contribution in [3.05, 3.63) is 24.3 Å². The second-order valence-corrected chi connectivity index (χ2v) is 18.9. The van der Waals surface area contributed by atoms with E-state index in [0.29, 0.717) is 19.3 Å². The molecule has 6 nitrogen and oxygen atoms in total. The molecule has 0 aromatic heterocycles. The van der Waals surface area contributed by atoms with Crippen LogP contribution in [0, 0.1) is 0 Å². The number of esters is 3. The summed E-state index contributed by atoms with van der Waals surface area (Å²) in [4.78, 5) is 37.5. The van der Waals surface area contributed by atoms with Crippen molar-refractivity contribution in [2.45, 2.75) is 309 Å². The van der Waals surface area contributed by atoms with Gasteiger partial charge in [0.25, 0.3) is 0 Å². The number of carbonyl (C=O) groups is 3. The fourth-order valence-corrected chi connectivity index (χ4v) is 8.24. The molecular formula is C57H106O6. The van der Waals surface area contributed by atoms with Gasteiger partial charge in [0.1, 0.15) is 13.2 Å². The quantitative estimate of drug-likeness (QED) is 0.0262. The molecule has 0 radical (unpaired) electrons. The van der Waals surface area contributed by atoms with Crippen molar-refractivity contribution in [1.82, 2.24) is 0 Å². The summed E-state index contributed by atoms with van der Waals surface area (Å²) < 4.78 is 16.6. The topological polar surface area (TPSA) is 78.9 Å². The molecule has 0 saturated heterocycles. The molecule has 1 unspecified atom stereocenters. The SMILES string of the molecule is CCCCCCC/C=C\C/C=C\CCCCCCCCCCCCCCCCCCCCCC(=O)OCC(COC(=O)CCCCCCC)OC(=O)CCCCCCCCCCC. The Labute approximate surface area is 392 Å². The number of ether oxygens (including phenoxy) is 3. The van der Waals surface area contributed by atoms with Gasteiger partial charge in [-0.15, -0.1) is 0 Å². The lowest BCUT2D eigenvalue weighted by atomic mass is 10.0. The van der Waals surface area contributed by atoms with Crippen molar-refractivity contribution in [3.63, 3.8) is 0 Å². The molecule has 0 amide bonds. The van der Waals surface area contributed by atoms with Crippen molar-refractivity contribution in [2.24, 2.45) is 0 Å². The number of rotatable bonds is 51. The van der Waals surface area contributed by atoms with Gasteiger partial charge in [-0.25, -0.2) is 0 Å². The molecule has 1 atom stereocenters. The summed E-state index contributed by atoms with van der Waals surface area (Å²) in [5, 5.41) is 0. The minimum absolute atomic E-state index is 0.0665. The summed E-state index contributed by atoms with van der Waals surface area (Å²) in [6.45, 7) is 6.55. The Morgan fingerprint density at radius 1 is 0.317 bits per heavy atom. The van der Waals surface area contributed by atoms with Crippen LogP contribution in [0.5, 0.6) is 0 Å². The van der Waals surface area contributed by atoms with E-state index in [1.165, 1.54) is 193 Å². The Kier molecular flexibility index (Phi) is 50.8. The fourth-order valence-electron chi connectivity index (χ4n) is 8.24. The lowest BCUT2D eigenvalue weighted by molar-refractivity contribution is -0.167. The van der Waals surface area contributed by atoms with E-state index in [2.05, 4.69) is 45.1 Å². The molecule has 0 saturated carbocycles. The smallest absolute Gasteiger partial charge is 0.306 e. The number of hydrogen-bond acceptors (Lipinski definition) is 6. The van der Waals surface area contributed by atoms with Crippen molar-refractivity contribution in [1.29, 1.82) is 0 Å². The average molecular weight is 887 g/mol. The number of hydrogen-bond donors (Lipinski definition) is 0. The molecule has 6 heteroatoms. The summed E-state index contributed by atoms with van der Waals surface area (Å²) in [7, 11) is 0. The molecule has 0 fully saturated rings. The molecule has 0 rings (SSSR count). The Hall–Kier alpha value is -2.11. The van der Waals surface area contributed by atoms with Gasteiger partial charge in [0.15, 0.2) is 6.10 Å². The predicted molar refractivity (Wildman–Crippen MR) is 270 cm³/mol. The van der Waals surface area contributed by atoms with E-state index in [1.54, 1.807) is 0 Å². The summed E-state index contributed by atoms with van der Waals surface area (Å²) in [6, 6.07) is 0. The van der Waals surface area contributed by atoms with Crippen LogP contribution >= 0.6 is 0 Å². The maximum Gasteiger partial charge on any atom is 0.306 e. The lowest BCUT2D eigenvalue weighted by Crippen LogP contribution is -2.30. The highest BCUT2D eigenvalue weighted by molar-refractivity contribution is 5.71. The summed E-state index contributed by atoms with van der Waals surface area (Å²) in [6.07, 6.45) is 61.0. The highest BCUT2D eigenvalue weighted by Gasteiger charge is 2.19. The Morgan fingerprint density at radius 3 is 0.873 bits per heavy atom. The summed E-state index contributed by atoms with van der Waals surface area (Å²) >= 11 is 0. The molecule has 0 aliphatic heterocycles. The van der Waals surface area contributed by atoms with Crippen LogP contribution in [0.3, 0.4) is 0 Å². The molecule has 0 aromatic rings. The molecule has 0 aromatic carbocycles. The monoisotopic (exact) mass is 887 g/mol. The molecule has 63 heavy (non-hydrogen) atoms. The second kappa shape index (κ2) is 52.5. The number of allylic oxidation sites excluding steroid dienone is 4. The third-order valence-corrected chi connectivity index (χ3v) is 12.5. The molecule has 370 valence electrons. The van der Waals surface area contributed by atoms with Gasteiger partial charge >= 0.3 is 17.9 Å². The van der Waals surface area contributed by atoms with Gasteiger partial charge in [0.05, 0.1) is 0 Å². The lowest BCUT2D eigenvalue weighted by Gasteiger charge is -2.18. The van der Waals surface area contributed by atoms with Crippen LogP contribution in [0.1, 0.15) is 303 Å². The standard InChI is InChI=1S/C57H106O6/c1-4-7-10-13-15-17-18-19-20-21-22-23-24-25-26-27-28-29-30-31-32-33-34-35-36-37-38-40-41-44-47-50-56(59)62-53-54(52-61-55(58)49-46-43-12-9-6-3)63-57(60)51-48-45-42-39-16-14-11-8-5-2/h18-19,21-22,54H,4-17,20,23-53H2,1-3H3/b19-18-,22-21-. The van der Waals surface area contributed by atoms with Crippen molar-refractivity contribution < 1.29 is 28.6 Å². The minimum Gasteiger partial charge on any atom is -0.462 e. The van der Waals surface area contributed by atoms with Gasteiger partial charge in [-0.1, -0.05) is 257 Å². The largest absolute Gasteiger partial charge is 0.462 e. The van der Waals surface area contributed by atoms with Crippen LogP contribution in [-0.2, 0) is 28.6 Å². The summed E-state index contributed by atoms with van der Waals surface area (Å²) in [5.74, 6) is -0.871. The van der Waals surface area contributed by atoms with Gasteiger partial charge in [0.2, 0.25) is 0 Å². The highest BCUT2D eigenvalue weighted by Crippen LogP contribution is 2.17. The zero-order chi connectivity index (χ0) is 45.8. The first kappa shape index (κ1) is 60.9. The van der Waals surface area contributed by atoms with Crippen LogP contribution in [0.2, 0.25) is 0 Å². The molecule has 0 bridgehead atoms. The minimum atomic E-state index is -0.760. The van der Waals surface area contributed by atoms with E-state index in [1.807, 2.05) is 0 Å². The molecule has 0 heterocycles. The first-order valence-corrected chi connectivity index (χ1v) is 27.8. The van der Waals surface area contributed by atoms with Gasteiger partial charge in [-0.2, -0.15) is 0 Å². The Morgan fingerprint density at radius 2 is 0.571 bits per heavy atom. The van der Waals surface area contributed by atoms with Crippen molar-refractivity contribution in [3.8, 4) is 0 Å². The number of unbranched alkanes of at least 4 members (excludes halogenated alkanes) is 36. The first-order chi connectivity index (χ1) is 31.0. The normalized spacial score (nSPS) is 12.1. The van der Waals surface area contributed by atoms with Crippen molar-refractivity contribution in [2.75, 3.05) is 13.2 Å². The van der Waals surface area contributed by atoms with E-state index < -0.39 is 6.10 Å². The third-order valence-electron chi connectivity index (χ3n) is 12.5. The molecule has 0 spiro atoms. The van der Waals surface area contributed by atoms with E-state index in [-0.39, 0.29) is 31.1 Å². The number of carbonyl (C=O) groups excluding carboxylic acids is 3. The van der Waals surface area contributed by atoms with Crippen LogP contribution in [0.4, 0.5) is 0 Å². The van der Waals surface area contributed by atoms with E-state index in [0.717, 1.165) is 70.6 Å². The zero-order valence-corrected chi connectivity index (χ0v) is 42.4. The Bertz CT molecular complexity index is 1020. The van der Waals surface area contributed by atoms with Crippen LogP contribution in [-0.4, -0.2) is 37.2 Å². The predicted octanol–water partition coefficient (Wildman–Crippen LogP) is 18.3. The van der Waals surface area contributed by atoms with E-state index in [9.17, 15) is 14.4 Å². The van der Waals surface area contributed by atoms with Crippen LogP contribution in [0.25, 0.3) is 0 Å². The second-order valence-electron chi connectivity index (χ2n) is 18.9. The van der Waals surface area contributed by atoms with Crippen LogP contribution < -0.4 is 0 Å². The Balaban J connectivity index is 3.83. The fraction of sp³-hybridized carbons (Fsp3) is 0.877. The van der Waals surface area contributed by atoms with Gasteiger partial charge < -0.3 is 14.2 Å². The maximum atomic E-state index is 12.6. The molecule has 0 aliphatic rings. The molecule has 0 aliphatic carbocycles. The van der Waals surface area contributed by atoms with Gasteiger partial charge in [-0.3, -0.25) is 14.4 Å². The highest BCUT2D eigenvalue weighted by atomic mass is 16.6. The van der Waals surface area contributed by atoms with Gasteiger partial charge in [0, 0.05) is 19.3 Å². The van der Waals surface area contributed by atoms with E-state index >= 15 is 0 Å². The zero-order valence-electron chi connectivity index (χ0n) is 42.4. The molecule has 0 N–H and O–H groups in total. The maximum absolute atomic E-state index is 12.6. The third kappa shape index (κ3) is 50.7. The van der Waals surface area contributed by atoms with E-state index in [4.69, 9.17) is 14.2 Å². The summed E-state index contributed by atoms with van der Waals surface area (Å²) in [5.41, 5.74) is 0. The van der Waals surface area contributed by atoms with Gasteiger partial charge in [-0.05, 0) is 51.4 Å². The average Bonchev–Trinajstić information content (AvgIpc) is 3.28. The van der Waals surface area contributed by atoms with Crippen LogP contribution in [0.15, 0.2) is 24.3 Å². The molecular weight excluding hydrogens is 781 g/mol.